The maximum atomic E-state index is 5.62. The summed E-state index contributed by atoms with van der Waals surface area (Å²) in [6.45, 7) is 1.98. The lowest BCUT2D eigenvalue weighted by molar-refractivity contribution is 0.441. The molecule has 0 amide bonds. The predicted molar refractivity (Wildman–Crippen MR) is 105 cm³/mol. The van der Waals surface area contributed by atoms with Gasteiger partial charge in [-0.1, -0.05) is 47.6 Å². The number of hydrogen-bond donors (Lipinski definition) is 1. The molecule has 2 aromatic carbocycles. The summed E-state index contributed by atoms with van der Waals surface area (Å²) in [5.41, 5.74) is 6.60. The van der Waals surface area contributed by atoms with E-state index in [1.54, 1.807) is 0 Å². The molecule has 0 saturated carbocycles. The summed E-state index contributed by atoms with van der Waals surface area (Å²) < 4.78 is 5.62. The van der Waals surface area contributed by atoms with Crippen LogP contribution in [-0.2, 0) is 0 Å². The van der Waals surface area contributed by atoms with E-state index in [1.165, 1.54) is 0 Å². The van der Waals surface area contributed by atoms with Crippen molar-refractivity contribution in [2.24, 2.45) is 0 Å². The topological polar surface area (TPSA) is 67.6 Å². The molecule has 0 aliphatic heterocycles. The molecule has 0 atom stereocenters. The van der Waals surface area contributed by atoms with Crippen LogP contribution in [0.5, 0.6) is 0 Å². The Balaban J connectivity index is 1.66. The number of hydrogen-bond acceptors (Lipinski definition) is 4. The second-order valence-corrected chi connectivity index (χ2v) is 6.43. The number of rotatable bonds is 3. The molecule has 3 heterocycles. The maximum absolute atomic E-state index is 5.62. The molecular formula is C22H16N4O. The van der Waals surface area contributed by atoms with Gasteiger partial charge in [-0.25, -0.2) is 0 Å². The van der Waals surface area contributed by atoms with Crippen molar-refractivity contribution >= 4 is 10.9 Å². The van der Waals surface area contributed by atoms with Crippen molar-refractivity contribution in [2.75, 3.05) is 0 Å². The second-order valence-electron chi connectivity index (χ2n) is 6.43. The molecule has 130 valence electrons. The Labute approximate surface area is 155 Å². The number of H-pyrrole nitrogens is 1. The average Bonchev–Trinajstić information content (AvgIpc) is 3.35. The first-order valence-corrected chi connectivity index (χ1v) is 8.72. The number of pyridine rings is 1. The van der Waals surface area contributed by atoms with Gasteiger partial charge in [-0.05, 0) is 36.8 Å². The van der Waals surface area contributed by atoms with Crippen molar-refractivity contribution in [3.8, 4) is 33.8 Å². The lowest BCUT2D eigenvalue weighted by Crippen LogP contribution is -1.89. The number of aryl methyl sites for hydroxylation is 1. The minimum atomic E-state index is 0.770. The van der Waals surface area contributed by atoms with Crippen LogP contribution >= 0.6 is 0 Å². The molecule has 3 aromatic heterocycles. The monoisotopic (exact) mass is 352 g/mol. The van der Waals surface area contributed by atoms with Gasteiger partial charge in [-0.3, -0.25) is 10.1 Å². The van der Waals surface area contributed by atoms with E-state index in [0.717, 1.165) is 50.4 Å². The first-order valence-electron chi connectivity index (χ1n) is 8.72. The van der Waals surface area contributed by atoms with Crippen LogP contribution in [0.1, 0.15) is 5.69 Å². The van der Waals surface area contributed by atoms with Crippen LogP contribution in [0.4, 0.5) is 0 Å². The number of nitrogens with one attached hydrogen (secondary N) is 1. The van der Waals surface area contributed by atoms with E-state index in [9.17, 15) is 0 Å². The largest absolute Gasteiger partial charge is 0.355 e. The summed E-state index contributed by atoms with van der Waals surface area (Å²) >= 11 is 0. The third-order valence-corrected chi connectivity index (χ3v) is 4.61. The summed E-state index contributed by atoms with van der Waals surface area (Å²) in [7, 11) is 0. The Bertz CT molecular complexity index is 1240. The van der Waals surface area contributed by atoms with Gasteiger partial charge in [-0.15, -0.1) is 0 Å². The fraction of sp³-hybridized carbons (Fsp3) is 0.0455. The highest BCUT2D eigenvalue weighted by Crippen LogP contribution is 2.34. The third kappa shape index (κ3) is 2.69. The van der Waals surface area contributed by atoms with Gasteiger partial charge >= 0.3 is 0 Å². The van der Waals surface area contributed by atoms with Crippen LogP contribution in [0.3, 0.4) is 0 Å². The minimum absolute atomic E-state index is 0.770. The summed E-state index contributed by atoms with van der Waals surface area (Å²) in [5.74, 6) is 0.770. The molecule has 0 unspecified atom stereocenters. The molecule has 5 aromatic rings. The zero-order valence-corrected chi connectivity index (χ0v) is 14.7. The number of aromatic nitrogens is 4. The molecule has 0 aliphatic rings. The van der Waals surface area contributed by atoms with Crippen LogP contribution < -0.4 is 0 Å². The molecular weight excluding hydrogens is 336 g/mol. The van der Waals surface area contributed by atoms with Crippen molar-refractivity contribution < 1.29 is 4.52 Å². The molecule has 5 rings (SSSR count). The number of nitrogens with zero attached hydrogens (tertiary/aromatic N) is 3. The lowest BCUT2D eigenvalue weighted by atomic mass is 10.0. The van der Waals surface area contributed by atoms with Crippen molar-refractivity contribution in [2.45, 2.75) is 6.92 Å². The normalized spacial score (nSPS) is 11.1. The van der Waals surface area contributed by atoms with Gasteiger partial charge in [0.1, 0.15) is 5.52 Å². The van der Waals surface area contributed by atoms with E-state index in [4.69, 9.17) is 4.52 Å². The van der Waals surface area contributed by atoms with E-state index in [-0.39, 0.29) is 0 Å². The number of aromatic amines is 1. The summed E-state index contributed by atoms with van der Waals surface area (Å²) in [5, 5.41) is 12.5. The van der Waals surface area contributed by atoms with Gasteiger partial charge in [0.15, 0.2) is 5.76 Å². The summed E-state index contributed by atoms with van der Waals surface area (Å²) in [6.07, 6.45) is 1.83. The van der Waals surface area contributed by atoms with E-state index in [2.05, 4.69) is 26.4 Å². The van der Waals surface area contributed by atoms with E-state index in [1.807, 2.05) is 73.8 Å². The highest BCUT2D eigenvalue weighted by molar-refractivity contribution is 5.95. The van der Waals surface area contributed by atoms with Gasteiger partial charge < -0.3 is 4.52 Å². The van der Waals surface area contributed by atoms with Crippen molar-refractivity contribution in [3.05, 3.63) is 78.6 Å². The molecule has 0 spiro atoms. The van der Waals surface area contributed by atoms with E-state index >= 15 is 0 Å². The molecule has 1 N–H and O–H groups in total. The molecule has 5 nitrogen and oxygen atoms in total. The fourth-order valence-electron chi connectivity index (χ4n) is 3.29. The summed E-state index contributed by atoms with van der Waals surface area (Å²) in [6, 6.07) is 22.1. The third-order valence-electron chi connectivity index (χ3n) is 4.61. The quantitative estimate of drug-likeness (QED) is 0.481. The van der Waals surface area contributed by atoms with Gasteiger partial charge in [0.25, 0.3) is 0 Å². The predicted octanol–water partition coefficient (Wildman–Crippen LogP) is 5.26. The highest BCUT2D eigenvalue weighted by Gasteiger charge is 2.15. The van der Waals surface area contributed by atoms with Crippen LogP contribution in [0.2, 0.25) is 0 Å². The Morgan fingerprint density at radius 2 is 1.78 bits per heavy atom. The second kappa shape index (κ2) is 6.21. The smallest absolute Gasteiger partial charge is 0.174 e. The van der Waals surface area contributed by atoms with Gasteiger partial charge in [0.05, 0.1) is 23.0 Å². The first kappa shape index (κ1) is 15.5. The molecule has 5 heteroatoms. The Morgan fingerprint density at radius 3 is 2.63 bits per heavy atom. The molecule has 27 heavy (non-hydrogen) atoms. The zero-order valence-electron chi connectivity index (χ0n) is 14.7. The van der Waals surface area contributed by atoms with Crippen molar-refractivity contribution in [3.63, 3.8) is 0 Å². The number of benzene rings is 2. The van der Waals surface area contributed by atoms with Crippen LogP contribution in [0.15, 0.2) is 77.4 Å². The fourth-order valence-corrected chi connectivity index (χ4v) is 3.29. The Kier molecular flexibility index (Phi) is 3.57. The number of fused-ring (bicyclic) bond motifs is 1. The zero-order chi connectivity index (χ0) is 18.2. The standard InChI is InChI=1S/C22H16N4O/c1-14-6-5-9-20(24-14)21-18(13-23-25-21)16-10-11-19-17(12-16)22(27-26-19)15-7-3-2-4-8-15/h2-13H,1H3,(H,23,25). The molecule has 0 radical (unpaired) electrons. The first-order chi connectivity index (χ1) is 13.3. The Morgan fingerprint density at radius 1 is 0.889 bits per heavy atom. The Hall–Kier alpha value is -3.73. The van der Waals surface area contributed by atoms with Crippen LogP contribution in [0, 0.1) is 6.92 Å². The lowest BCUT2D eigenvalue weighted by Gasteiger charge is -2.04. The van der Waals surface area contributed by atoms with Crippen LogP contribution in [-0.4, -0.2) is 20.3 Å². The maximum Gasteiger partial charge on any atom is 0.174 e. The molecule has 0 bridgehead atoms. The molecule has 0 fully saturated rings. The van der Waals surface area contributed by atoms with Gasteiger partial charge in [0, 0.05) is 16.8 Å². The average molecular weight is 352 g/mol. The van der Waals surface area contributed by atoms with Crippen molar-refractivity contribution in [1.29, 1.82) is 0 Å². The minimum Gasteiger partial charge on any atom is -0.355 e. The molecule has 0 aliphatic carbocycles. The SMILES string of the molecule is Cc1cccc(-c2[nH]ncc2-c2ccc3noc(-c4ccccc4)c3c2)n1. The van der Waals surface area contributed by atoms with Gasteiger partial charge in [0.2, 0.25) is 0 Å². The molecule has 0 saturated heterocycles. The summed E-state index contributed by atoms with van der Waals surface area (Å²) in [4.78, 5) is 4.62. The highest BCUT2D eigenvalue weighted by atomic mass is 16.5. The van der Waals surface area contributed by atoms with Crippen molar-refractivity contribution in [1.82, 2.24) is 20.3 Å². The van der Waals surface area contributed by atoms with E-state index in [0.29, 0.717) is 0 Å². The van der Waals surface area contributed by atoms with Crippen LogP contribution in [0.25, 0.3) is 44.7 Å². The van der Waals surface area contributed by atoms with E-state index < -0.39 is 0 Å². The van der Waals surface area contributed by atoms with Gasteiger partial charge in [-0.2, -0.15) is 5.10 Å².